The maximum Gasteiger partial charge on any atom is 0.231 e. The van der Waals surface area contributed by atoms with Gasteiger partial charge in [0.25, 0.3) is 0 Å². The van der Waals surface area contributed by atoms with Crippen LogP contribution in [0.25, 0.3) is 0 Å². The number of aryl methyl sites for hydroxylation is 1. The number of ether oxygens (including phenoxy) is 2. The Labute approximate surface area is 152 Å². The summed E-state index contributed by atoms with van der Waals surface area (Å²) in [7, 11) is 1.93. The van der Waals surface area contributed by atoms with Gasteiger partial charge in [-0.1, -0.05) is 13.0 Å². The van der Waals surface area contributed by atoms with E-state index in [0.717, 1.165) is 43.1 Å². The molecule has 2 aliphatic rings. The van der Waals surface area contributed by atoms with Gasteiger partial charge in [0.05, 0.1) is 0 Å². The molecule has 0 bridgehead atoms. The van der Waals surface area contributed by atoms with Crippen molar-refractivity contribution in [2.24, 2.45) is 12.5 Å². The summed E-state index contributed by atoms with van der Waals surface area (Å²) in [6, 6.07) is 6.13. The van der Waals surface area contributed by atoms with Crippen molar-refractivity contribution in [3.05, 3.63) is 35.9 Å². The van der Waals surface area contributed by atoms with Crippen molar-refractivity contribution in [2.45, 2.75) is 32.6 Å². The summed E-state index contributed by atoms with van der Waals surface area (Å²) < 4.78 is 12.8. The van der Waals surface area contributed by atoms with Crippen LogP contribution in [0.4, 0.5) is 0 Å². The minimum atomic E-state index is 0.0570. The predicted molar refractivity (Wildman–Crippen MR) is 94.9 cm³/mol. The maximum absolute atomic E-state index is 12.4. The number of fused-ring (bicyclic) bond motifs is 1. The fourth-order valence-electron chi connectivity index (χ4n) is 3.86. The summed E-state index contributed by atoms with van der Waals surface area (Å²) in [5, 5.41) is 8.02. The first kappa shape index (κ1) is 16.9. The van der Waals surface area contributed by atoms with E-state index in [-0.39, 0.29) is 11.3 Å². The lowest BCUT2D eigenvalue weighted by Crippen LogP contribution is -2.47. The molecule has 7 heteroatoms. The van der Waals surface area contributed by atoms with Crippen molar-refractivity contribution >= 4 is 5.91 Å². The first-order valence-electron chi connectivity index (χ1n) is 9.02. The number of carbonyl (C=O) groups is 1. The first-order chi connectivity index (χ1) is 12.5. The van der Waals surface area contributed by atoms with Gasteiger partial charge in [-0.15, -0.1) is 10.2 Å². The summed E-state index contributed by atoms with van der Waals surface area (Å²) in [6.07, 6.45) is 4.83. The SMILES string of the molecule is Cn1cnnc1CCN1CC(C)(Cc2ccc3c(c2)OCO3)CCC1=O. The molecule has 2 aromatic rings. The quantitative estimate of drug-likeness (QED) is 0.819. The van der Waals surface area contributed by atoms with Gasteiger partial charge in [-0.3, -0.25) is 4.79 Å². The van der Waals surface area contributed by atoms with E-state index in [1.165, 1.54) is 5.56 Å². The molecule has 7 nitrogen and oxygen atoms in total. The van der Waals surface area contributed by atoms with E-state index in [2.05, 4.69) is 29.3 Å². The van der Waals surface area contributed by atoms with Gasteiger partial charge >= 0.3 is 0 Å². The number of carbonyl (C=O) groups excluding carboxylic acids is 1. The number of piperidine rings is 1. The zero-order valence-corrected chi connectivity index (χ0v) is 15.3. The van der Waals surface area contributed by atoms with Crippen LogP contribution >= 0.6 is 0 Å². The molecule has 4 rings (SSSR count). The third kappa shape index (κ3) is 3.38. The second-order valence-electron chi connectivity index (χ2n) is 7.60. The van der Waals surface area contributed by atoms with Crippen molar-refractivity contribution < 1.29 is 14.3 Å². The largest absolute Gasteiger partial charge is 0.454 e. The lowest BCUT2D eigenvalue weighted by atomic mass is 9.76. The van der Waals surface area contributed by atoms with Crippen LogP contribution in [0.2, 0.25) is 0 Å². The molecule has 0 spiro atoms. The minimum absolute atomic E-state index is 0.0570. The summed E-state index contributed by atoms with van der Waals surface area (Å²) >= 11 is 0. The lowest BCUT2D eigenvalue weighted by Gasteiger charge is -2.40. The average Bonchev–Trinajstić information content (AvgIpc) is 3.24. The summed E-state index contributed by atoms with van der Waals surface area (Å²) in [5.74, 6) is 2.76. The summed E-state index contributed by atoms with van der Waals surface area (Å²) in [4.78, 5) is 14.4. The maximum atomic E-state index is 12.4. The van der Waals surface area contributed by atoms with Gasteiger partial charge in [-0.05, 0) is 36.0 Å². The molecule has 1 fully saturated rings. The van der Waals surface area contributed by atoms with E-state index < -0.39 is 0 Å². The summed E-state index contributed by atoms with van der Waals surface area (Å²) in [5.41, 5.74) is 1.28. The van der Waals surface area contributed by atoms with E-state index in [1.54, 1.807) is 6.33 Å². The lowest BCUT2D eigenvalue weighted by molar-refractivity contribution is -0.137. The van der Waals surface area contributed by atoms with Crippen molar-refractivity contribution in [3.63, 3.8) is 0 Å². The van der Waals surface area contributed by atoms with Gasteiger partial charge in [0, 0.05) is 33.0 Å². The first-order valence-corrected chi connectivity index (χ1v) is 9.02. The standard InChI is InChI=1S/C19H24N4O3/c1-19(10-14-3-4-15-16(9-14)26-13-25-15)7-5-18(24)23(11-19)8-6-17-21-20-12-22(17)2/h3-4,9,12H,5-8,10-11,13H2,1-2H3. The molecule has 1 saturated heterocycles. The van der Waals surface area contributed by atoms with Crippen LogP contribution < -0.4 is 9.47 Å². The zero-order chi connectivity index (χ0) is 18.1. The molecular weight excluding hydrogens is 332 g/mol. The highest BCUT2D eigenvalue weighted by molar-refractivity contribution is 5.77. The normalized spacial score (nSPS) is 22.1. The van der Waals surface area contributed by atoms with Crippen molar-refractivity contribution in [3.8, 4) is 11.5 Å². The van der Waals surface area contributed by atoms with Crippen molar-refractivity contribution in [1.29, 1.82) is 0 Å². The van der Waals surface area contributed by atoms with Crippen LogP contribution in [0.3, 0.4) is 0 Å². The monoisotopic (exact) mass is 356 g/mol. The Kier molecular flexibility index (Phi) is 4.30. The fraction of sp³-hybridized carbons (Fsp3) is 0.526. The molecule has 26 heavy (non-hydrogen) atoms. The Hall–Kier alpha value is -2.57. The fourth-order valence-corrected chi connectivity index (χ4v) is 3.86. The van der Waals surface area contributed by atoms with Gasteiger partial charge in [0.15, 0.2) is 11.5 Å². The predicted octanol–water partition coefficient (Wildman–Crippen LogP) is 1.96. The molecule has 1 unspecified atom stereocenters. The average molecular weight is 356 g/mol. The van der Waals surface area contributed by atoms with Crippen LogP contribution in [0.1, 0.15) is 31.2 Å². The number of aromatic nitrogens is 3. The Morgan fingerprint density at radius 2 is 2.12 bits per heavy atom. The van der Waals surface area contributed by atoms with Crippen LogP contribution in [-0.4, -0.2) is 45.5 Å². The molecule has 2 aliphatic heterocycles. The molecule has 1 amide bonds. The molecule has 0 radical (unpaired) electrons. The Morgan fingerprint density at radius 1 is 1.27 bits per heavy atom. The smallest absolute Gasteiger partial charge is 0.231 e. The second-order valence-corrected chi connectivity index (χ2v) is 7.60. The highest BCUT2D eigenvalue weighted by Crippen LogP contribution is 2.37. The number of rotatable bonds is 5. The van der Waals surface area contributed by atoms with Crippen LogP contribution in [0.15, 0.2) is 24.5 Å². The van der Waals surface area contributed by atoms with E-state index in [0.29, 0.717) is 19.8 Å². The van der Waals surface area contributed by atoms with Gasteiger partial charge in [0.2, 0.25) is 12.7 Å². The molecule has 0 saturated carbocycles. The van der Waals surface area contributed by atoms with Gasteiger partial charge < -0.3 is 18.9 Å². The molecule has 0 N–H and O–H groups in total. The third-order valence-electron chi connectivity index (χ3n) is 5.35. The van der Waals surface area contributed by atoms with Gasteiger partial charge in [0.1, 0.15) is 12.2 Å². The van der Waals surface area contributed by atoms with Gasteiger partial charge in [-0.2, -0.15) is 0 Å². The molecule has 3 heterocycles. The molecule has 0 aliphatic carbocycles. The van der Waals surface area contributed by atoms with Crippen LogP contribution in [0, 0.1) is 5.41 Å². The Bertz CT molecular complexity index is 819. The van der Waals surface area contributed by atoms with E-state index >= 15 is 0 Å². The Balaban J connectivity index is 1.42. The number of likely N-dealkylation sites (tertiary alicyclic amines) is 1. The topological polar surface area (TPSA) is 69.5 Å². The van der Waals surface area contributed by atoms with E-state index in [9.17, 15) is 4.79 Å². The zero-order valence-electron chi connectivity index (χ0n) is 15.3. The number of nitrogens with zero attached hydrogens (tertiary/aromatic N) is 4. The van der Waals surface area contributed by atoms with Crippen LogP contribution in [0.5, 0.6) is 11.5 Å². The second kappa shape index (κ2) is 6.63. The van der Waals surface area contributed by atoms with Crippen molar-refractivity contribution in [1.82, 2.24) is 19.7 Å². The molecule has 1 atom stereocenters. The summed E-state index contributed by atoms with van der Waals surface area (Å²) in [6.45, 7) is 4.00. The molecular formula is C19H24N4O3. The number of hydrogen-bond acceptors (Lipinski definition) is 5. The highest BCUT2D eigenvalue weighted by Gasteiger charge is 2.35. The number of hydrogen-bond donors (Lipinski definition) is 0. The number of amides is 1. The Morgan fingerprint density at radius 3 is 2.92 bits per heavy atom. The van der Waals surface area contributed by atoms with Crippen LogP contribution in [-0.2, 0) is 24.7 Å². The van der Waals surface area contributed by atoms with Gasteiger partial charge in [-0.25, -0.2) is 0 Å². The molecule has 138 valence electrons. The third-order valence-corrected chi connectivity index (χ3v) is 5.35. The highest BCUT2D eigenvalue weighted by atomic mass is 16.7. The molecule has 1 aromatic heterocycles. The number of benzene rings is 1. The van der Waals surface area contributed by atoms with E-state index in [4.69, 9.17) is 9.47 Å². The minimum Gasteiger partial charge on any atom is -0.454 e. The van der Waals surface area contributed by atoms with Crippen molar-refractivity contribution in [2.75, 3.05) is 19.9 Å². The van der Waals surface area contributed by atoms with E-state index in [1.807, 2.05) is 22.6 Å². The molecule has 1 aromatic carbocycles.